The van der Waals surface area contributed by atoms with E-state index >= 15 is 0 Å². The Labute approximate surface area is 70.4 Å². The van der Waals surface area contributed by atoms with E-state index in [1.807, 2.05) is 6.07 Å². The molecule has 0 aliphatic heterocycles. The van der Waals surface area contributed by atoms with Crippen molar-refractivity contribution < 1.29 is 4.39 Å². The molecule has 1 aromatic rings. The van der Waals surface area contributed by atoms with Gasteiger partial charge in [0.1, 0.15) is 5.82 Å². The second-order valence-corrected chi connectivity index (χ2v) is 2.59. The highest BCUT2D eigenvalue weighted by Gasteiger charge is 2.12. The van der Waals surface area contributed by atoms with E-state index in [0.29, 0.717) is 11.3 Å². The molecule has 0 saturated heterocycles. The number of nitrogens with zero attached hydrogens (tertiary/aromatic N) is 1. The van der Waals surface area contributed by atoms with Crippen molar-refractivity contribution in [3.63, 3.8) is 0 Å². The molecule has 2 nitrogen and oxygen atoms in total. The van der Waals surface area contributed by atoms with Crippen LogP contribution in [0.2, 0.25) is 0 Å². The molecule has 1 rings (SSSR count). The maximum absolute atomic E-state index is 13.1. The summed E-state index contributed by atoms with van der Waals surface area (Å²) in [6.45, 7) is 1.62. The van der Waals surface area contributed by atoms with E-state index < -0.39 is 11.7 Å². The fourth-order valence-corrected chi connectivity index (χ4v) is 1.08. The van der Waals surface area contributed by atoms with Crippen molar-refractivity contribution in [2.24, 2.45) is 0 Å². The normalized spacial score (nSPS) is 12.1. The first-order valence-corrected chi connectivity index (χ1v) is 3.60. The van der Waals surface area contributed by atoms with Gasteiger partial charge in [-0.1, -0.05) is 6.07 Å². The third-order valence-corrected chi connectivity index (χ3v) is 1.71. The molecule has 0 aliphatic carbocycles. The fourth-order valence-electron chi connectivity index (χ4n) is 1.08. The van der Waals surface area contributed by atoms with Crippen molar-refractivity contribution in [3.05, 3.63) is 29.6 Å². The molecule has 0 saturated carbocycles. The summed E-state index contributed by atoms with van der Waals surface area (Å²) in [6.07, 6.45) is 0. The average molecular weight is 164 g/mol. The average Bonchev–Trinajstić information content (AvgIpc) is 2.03. The number of halogens is 1. The first kappa shape index (κ1) is 8.54. The molecule has 0 heterocycles. The number of hydrogen-bond acceptors (Lipinski definition) is 2. The lowest BCUT2D eigenvalue weighted by Gasteiger charge is -2.07. The largest absolute Gasteiger partial charge is 0.398 e. The fraction of sp³-hybridized carbons (Fsp3) is 0.222. The Bertz CT molecular complexity index is 308. The smallest absolute Gasteiger partial charge is 0.129 e. The van der Waals surface area contributed by atoms with E-state index in [-0.39, 0.29) is 0 Å². The first-order chi connectivity index (χ1) is 5.66. The van der Waals surface area contributed by atoms with Gasteiger partial charge in [0.2, 0.25) is 0 Å². The monoisotopic (exact) mass is 164 g/mol. The van der Waals surface area contributed by atoms with Gasteiger partial charge in [0.25, 0.3) is 0 Å². The van der Waals surface area contributed by atoms with Gasteiger partial charge < -0.3 is 5.73 Å². The van der Waals surface area contributed by atoms with Crippen LogP contribution in [0.15, 0.2) is 18.2 Å². The van der Waals surface area contributed by atoms with E-state index in [4.69, 9.17) is 11.0 Å². The Morgan fingerprint density at radius 3 is 2.75 bits per heavy atom. The van der Waals surface area contributed by atoms with Crippen LogP contribution in [0.25, 0.3) is 0 Å². The SMILES string of the molecule is CC(C#N)c1c(N)cccc1F. The summed E-state index contributed by atoms with van der Waals surface area (Å²) < 4.78 is 13.1. The van der Waals surface area contributed by atoms with Crippen molar-refractivity contribution in [2.45, 2.75) is 12.8 Å². The lowest BCUT2D eigenvalue weighted by Crippen LogP contribution is -2.00. The summed E-state index contributed by atoms with van der Waals surface area (Å²) in [5.74, 6) is -0.907. The van der Waals surface area contributed by atoms with Gasteiger partial charge in [0.15, 0.2) is 0 Å². The maximum atomic E-state index is 13.1. The Balaban J connectivity index is 3.23. The molecule has 1 atom stereocenters. The molecule has 3 heteroatoms. The van der Waals surface area contributed by atoms with Crippen LogP contribution >= 0.6 is 0 Å². The number of nitriles is 1. The molecular weight excluding hydrogens is 155 g/mol. The van der Waals surface area contributed by atoms with Gasteiger partial charge in [-0.15, -0.1) is 0 Å². The molecule has 1 unspecified atom stereocenters. The quantitative estimate of drug-likeness (QED) is 0.645. The van der Waals surface area contributed by atoms with Crippen LogP contribution in [0, 0.1) is 17.1 Å². The molecule has 2 N–H and O–H groups in total. The molecule has 0 spiro atoms. The van der Waals surface area contributed by atoms with Gasteiger partial charge in [-0.2, -0.15) is 5.26 Å². The molecule has 0 radical (unpaired) electrons. The third-order valence-electron chi connectivity index (χ3n) is 1.71. The summed E-state index contributed by atoms with van der Waals surface area (Å²) in [4.78, 5) is 0. The van der Waals surface area contributed by atoms with E-state index in [1.54, 1.807) is 13.0 Å². The molecule has 62 valence electrons. The minimum Gasteiger partial charge on any atom is -0.398 e. The molecule has 1 aromatic carbocycles. The van der Waals surface area contributed by atoms with Crippen LogP contribution in [0.5, 0.6) is 0 Å². The molecule has 0 fully saturated rings. The van der Waals surface area contributed by atoms with Crippen LogP contribution in [-0.2, 0) is 0 Å². The molecule has 0 amide bonds. The molecule has 0 aliphatic rings. The zero-order valence-electron chi connectivity index (χ0n) is 6.71. The highest BCUT2D eigenvalue weighted by molar-refractivity contribution is 5.50. The minimum atomic E-state index is -0.494. The number of rotatable bonds is 1. The lowest BCUT2D eigenvalue weighted by molar-refractivity contribution is 0.607. The second-order valence-electron chi connectivity index (χ2n) is 2.59. The number of nitrogens with two attached hydrogens (primary N) is 1. The predicted molar refractivity (Wildman–Crippen MR) is 44.8 cm³/mol. The van der Waals surface area contributed by atoms with Crippen molar-refractivity contribution in [3.8, 4) is 6.07 Å². The predicted octanol–water partition coefficient (Wildman–Crippen LogP) is 2.03. The molecule has 0 bridgehead atoms. The standard InChI is InChI=1S/C9H9FN2/c1-6(5-11)9-7(10)3-2-4-8(9)12/h2-4,6H,12H2,1H3. The highest BCUT2D eigenvalue weighted by atomic mass is 19.1. The third kappa shape index (κ3) is 1.37. The Kier molecular flexibility index (Phi) is 2.29. The van der Waals surface area contributed by atoms with Gasteiger partial charge in [-0.05, 0) is 19.1 Å². The number of benzene rings is 1. The van der Waals surface area contributed by atoms with Gasteiger partial charge >= 0.3 is 0 Å². The zero-order chi connectivity index (χ0) is 9.14. The molecule has 0 aromatic heterocycles. The van der Waals surface area contributed by atoms with Gasteiger partial charge in [-0.25, -0.2) is 4.39 Å². The second kappa shape index (κ2) is 3.22. The topological polar surface area (TPSA) is 49.8 Å². The van der Waals surface area contributed by atoms with E-state index in [9.17, 15) is 4.39 Å². The van der Waals surface area contributed by atoms with Crippen molar-refractivity contribution in [1.82, 2.24) is 0 Å². The van der Waals surface area contributed by atoms with Gasteiger partial charge in [0, 0.05) is 11.3 Å². The van der Waals surface area contributed by atoms with Crippen molar-refractivity contribution in [1.29, 1.82) is 5.26 Å². The highest BCUT2D eigenvalue weighted by Crippen LogP contribution is 2.24. The van der Waals surface area contributed by atoms with Crippen molar-refractivity contribution >= 4 is 5.69 Å². The Hall–Kier alpha value is -1.56. The summed E-state index contributed by atoms with van der Waals surface area (Å²) in [6, 6.07) is 6.36. The summed E-state index contributed by atoms with van der Waals surface area (Å²) in [5.41, 5.74) is 6.14. The van der Waals surface area contributed by atoms with Crippen LogP contribution in [-0.4, -0.2) is 0 Å². The summed E-state index contributed by atoms with van der Waals surface area (Å²) in [5, 5.41) is 8.56. The number of hydrogen-bond donors (Lipinski definition) is 1. The molecule has 12 heavy (non-hydrogen) atoms. The van der Waals surface area contributed by atoms with Crippen LogP contribution in [0.3, 0.4) is 0 Å². The Morgan fingerprint density at radius 1 is 1.58 bits per heavy atom. The summed E-state index contributed by atoms with van der Waals surface area (Å²) in [7, 11) is 0. The van der Waals surface area contributed by atoms with Crippen LogP contribution < -0.4 is 5.73 Å². The molecular formula is C9H9FN2. The van der Waals surface area contributed by atoms with Gasteiger partial charge in [0.05, 0.1) is 12.0 Å². The Morgan fingerprint density at radius 2 is 2.25 bits per heavy atom. The number of nitrogen functional groups attached to an aromatic ring is 1. The van der Waals surface area contributed by atoms with Gasteiger partial charge in [-0.3, -0.25) is 0 Å². The van der Waals surface area contributed by atoms with Crippen molar-refractivity contribution in [2.75, 3.05) is 5.73 Å². The number of anilines is 1. The van der Waals surface area contributed by atoms with Crippen LogP contribution in [0.1, 0.15) is 18.4 Å². The van der Waals surface area contributed by atoms with Crippen LogP contribution in [0.4, 0.5) is 10.1 Å². The zero-order valence-corrected chi connectivity index (χ0v) is 6.71. The minimum absolute atomic E-state index is 0.292. The first-order valence-electron chi connectivity index (χ1n) is 3.60. The van der Waals surface area contributed by atoms with E-state index in [0.717, 1.165) is 0 Å². The summed E-state index contributed by atoms with van der Waals surface area (Å²) >= 11 is 0. The van der Waals surface area contributed by atoms with E-state index in [1.165, 1.54) is 12.1 Å². The lowest BCUT2D eigenvalue weighted by atomic mass is 10.0. The maximum Gasteiger partial charge on any atom is 0.129 e. The van der Waals surface area contributed by atoms with E-state index in [2.05, 4.69) is 0 Å².